The number of benzene rings is 2. The molecule has 0 aliphatic carbocycles. The Morgan fingerprint density at radius 3 is 2.17 bits per heavy atom. The van der Waals surface area contributed by atoms with Crippen molar-refractivity contribution in [3.8, 4) is 0 Å². The molecule has 1 heteroatoms. The molecule has 0 nitrogen and oxygen atoms in total. The van der Waals surface area contributed by atoms with Gasteiger partial charge in [-0.15, -0.1) is 0 Å². The van der Waals surface area contributed by atoms with Gasteiger partial charge in [0.1, 0.15) is 0 Å². The van der Waals surface area contributed by atoms with Crippen molar-refractivity contribution in [2.75, 3.05) is 12.0 Å². The van der Waals surface area contributed by atoms with E-state index >= 15 is 0 Å². The van der Waals surface area contributed by atoms with Gasteiger partial charge in [0.15, 0.2) is 0 Å². The molecule has 0 amide bonds. The number of aryl methyl sites for hydroxylation is 1. The van der Waals surface area contributed by atoms with Crippen molar-refractivity contribution in [2.45, 2.75) is 6.42 Å². The molecule has 0 aliphatic rings. The van der Waals surface area contributed by atoms with Crippen molar-refractivity contribution in [1.29, 1.82) is 0 Å². The van der Waals surface area contributed by atoms with Crippen LogP contribution in [0, 0.1) is 0 Å². The van der Waals surface area contributed by atoms with Crippen molar-refractivity contribution in [1.82, 2.24) is 0 Å². The fourth-order valence-electron chi connectivity index (χ4n) is 1.90. The summed E-state index contributed by atoms with van der Waals surface area (Å²) in [5.74, 6) is 1.18. The third-order valence-corrected chi connectivity index (χ3v) is 3.63. The van der Waals surface area contributed by atoms with Gasteiger partial charge in [-0.1, -0.05) is 61.2 Å². The molecule has 0 aliphatic heterocycles. The number of hydrogen-bond donors (Lipinski definition) is 0. The molecular formula is C17H18S. The topological polar surface area (TPSA) is 0 Å². The molecule has 18 heavy (non-hydrogen) atoms. The van der Waals surface area contributed by atoms with Gasteiger partial charge < -0.3 is 0 Å². The number of thioether (sulfide) groups is 1. The minimum absolute atomic E-state index is 1.09. The van der Waals surface area contributed by atoms with E-state index in [9.17, 15) is 0 Å². The molecule has 0 radical (unpaired) electrons. The summed E-state index contributed by atoms with van der Waals surface area (Å²) in [6.45, 7) is 4.18. The number of hydrogen-bond acceptors (Lipinski definition) is 1. The predicted molar refractivity (Wildman–Crippen MR) is 83.1 cm³/mol. The highest BCUT2D eigenvalue weighted by Crippen LogP contribution is 2.21. The van der Waals surface area contributed by atoms with Gasteiger partial charge >= 0.3 is 0 Å². The molecule has 0 spiro atoms. The Labute approximate surface area is 114 Å². The summed E-state index contributed by atoms with van der Waals surface area (Å²) in [6.07, 6.45) is 3.28. The van der Waals surface area contributed by atoms with Gasteiger partial charge in [0.2, 0.25) is 0 Å². The van der Waals surface area contributed by atoms with Crippen LogP contribution in [-0.4, -0.2) is 12.0 Å². The first-order valence-corrected chi connectivity index (χ1v) is 7.53. The van der Waals surface area contributed by atoms with Crippen molar-refractivity contribution < 1.29 is 0 Å². The highest BCUT2D eigenvalue weighted by atomic mass is 32.2. The van der Waals surface area contributed by atoms with E-state index in [2.05, 4.69) is 49.2 Å². The first-order chi connectivity index (χ1) is 8.81. The van der Waals surface area contributed by atoms with Crippen molar-refractivity contribution >= 4 is 17.3 Å². The van der Waals surface area contributed by atoms with Crippen molar-refractivity contribution in [3.63, 3.8) is 0 Å². The van der Waals surface area contributed by atoms with Gasteiger partial charge in [0.25, 0.3) is 0 Å². The maximum absolute atomic E-state index is 4.18. The molecule has 0 saturated heterocycles. The molecule has 2 aromatic carbocycles. The van der Waals surface area contributed by atoms with Crippen LogP contribution in [0.1, 0.15) is 16.7 Å². The minimum atomic E-state index is 1.09. The molecule has 0 unspecified atom stereocenters. The van der Waals surface area contributed by atoms with Crippen molar-refractivity contribution in [2.24, 2.45) is 0 Å². The van der Waals surface area contributed by atoms with Crippen LogP contribution in [0.5, 0.6) is 0 Å². The quantitative estimate of drug-likeness (QED) is 0.748. The van der Waals surface area contributed by atoms with Gasteiger partial charge in [0, 0.05) is 0 Å². The monoisotopic (exact) mass is 254 g/mol. The van der Waals surface area contributed by atoms with E-state index in [0.29, 0.717) is 0 Å². The first kappa shape index (κ1) is 13.0. The smallest absolute Gasteiger partial charge is 0.00298 e. The Hall–Kier alpha value is -1.47. The highest BCUT2D eigenvalue weighted by Gasteiger charge is 2.01. The molecule has 2 rings (SSSR count). The van der Waals surface area contributed by atoms with Crippen LogP contribution < -0.4 is 0 Å². The molecule has 2 aromatic rings. The second kappa shape index (κ2) is 6.46. The average molecular weight is 254 g/mol. The van der Waals surface area contributed by atoms with Crippen LogP contribution in [0.15, 0.2) is 61.2 Å². The van der Waals surface area contributed by atoms with Gasteiger partial charge in [-0.25, -0.2) is 0 Å². The van der Waals surface area contributed by atoms with Crippen LogP contribution in [0.2, 0.25) is 0 Å². The normalized spacial score (nSPS) is 10.3. The molecular weight excluding hydrogens is 236 g/mol. The third-order valence-electron chi connectivity index (χ3n) is 3.02. The van der Waals surface area contributed by atoms with Crippen molar-refractivity contribution in [3.05, 3.63) is 77.9 Å². The lowest BCUT2D eigenvalue weighted by molar-refractivity contribution is 1.16. The SMILES string of the molecule is C=C(c1ccccc1)c1ccc(CCSC)cc1. The summed E-state index contributed by atoms with van der Waals surface area (Å²) >= 11 is 1.89. The average Bonchev–Trinajstić information content (AvgIpc) is 2.46. The largest absolute Gasteiger partial charge is 0.165 e. The molecule has 0 N–H and O–H groups in total. The molecule has 0 heterocycles. The van der Waals surface area contributed by atoms with E-state index in [-0.39, 0.29) is 0 Å². The van der Waals surface area contributed by atoms with Crippen LogP contribution >= 0.6 is 11.8 Å². The molecule has 0 fully saturated rings. The lowest BCUT2D eigenvalue weighted by Crippen LogP contribution is -1.90. The van der Waals surface area contributed by atoms with Crippen LogP contribution in [0.3, 0.4) is 0 Å². The maximum Gasteiger partial charge on any atom is -0.00298 e. The maximum atomic E-state index is 4.18. The predicted octanol–water partition coefficient (Wildman–Crippen LogP) is 4.65. The summed E-state index contributed by atoms with van der Waals surface area (Å²) in [6, 6.07) is 19.1. The van der Waals surface area contributed by atoms with E-state index in [1.807, 2.05) is 30.0 Å². The zero-order valence-electron chi connectivity index (χ0n) is 10.7. The fraction of sp³-hybridized carbons (Fsp3) is 0.176. The summed E-state index contributed by atoms with van der Waals surface area (Å²) in [5.41, 5.74) is 4.88. The Balaban J connectivity index is 2.12. The summed E-state index contributed by atoms with van der Waals surface area (Å²) < 4.78 is 0. The number of rotatable bonds is 5. The van der Waals surface area contributed by atoms with E-state index in [0.717, 1.165) is 12.0 Å². The third kappa shape index (κ3) is 3.27. The lowest BCUT2D eigenvalue weighted by atomic mass is 9.98. The van der Waals surface area contributed by atoms with Crippen LogP contribution in [-0.2, 0) is 6.42 Å². The fourth-order valence-corrected chi connectivity index (χ4v) is 2.34. The summed E-state index contributed by atoms with van der Waals surface area (Å²) in [4.78, 5) is 0. The lowest BCUT2D eigenvalue weighted by Gasteiger charge is -2.07. The van der Waals surface area contributed by atoms with Crippen LogP contribution in [0.25, 0.3) is 5.57 Å². The molecule has 0 atom stereocenters. The first-order valence-electron chi connectivity index (χ1n) is 6.14. The second-order valence-electron chi connectivity index (χ2n) is 4.28. The van der Waals surface area contributed by atoms with E-state index in [4.69, 9.17) is 0 Å². The standard InChI is InChI=1S/C17H18S/c1-14(16-6-4-3-5-7-16)17-10-8-15(9-11-17)12-13-18-2/h3-11H,1,12-13H2,2H3. The Bertz CT molecular complexity index is 497. The van der Waals surface area contributed by atoms with Gasteiger partial charge in [0.05, 0.1) is 0 Å². The zero-order valence-corrected chi connectivity index (χ0v) is 11.5. The molecule has 0 saturated carbocycles. The zero-order chi connectivity index (χ0) is 12.8. The van der Waals surface area contributed by atoms with E-state index in [1.165, 1.54) is 22.4 Å². The van der Waals surface area contributed by atoms with Crippen LogP contribution in [0.4, 0.5) is 0 Å². The molecule has 0 bridgehead atoms. The van der Waals surface area contributed by atoms with Gasteiger partial charge in [-0.05, 0) is 40.7 Å². The molecule has 92 valence electrons. The van der Waals surface area contributed by atoms with E-state index < -0.39 is 0 Å². The highest BCUT2D eigenvalue weighted by molar-refractivity contribution is 7.98. The Kier molecular flexibility index (Phi) is 4.66. The summed E-state index contributed by atoms with van der Waals surface area (Å²) in [5, 5.41) is 0. The minimum Gasteiger partial charge on any atom is -0.165 e. The van der Waals surface area contributed by atoms with Gasteiger partial charge in [-0.3, -0.25) is 0 Å². The van der Waals surface area contributed by atoms with E-state index in [1.54, 1.807) is 0 Å². The second-order valence-corrected chi connectivity index (χ2v) is 5.27. The molecule has 0 aromatic heterocycles. The Morgan fingerprint density at radius 2 is 1.56 bits per heavy atom. The summed E-state index contributed by atoms with van der Waals surface area (Å²) in [7, 11) is 0. The van der Waals surface area contributed by atoms with Gasteiger partial charge in [-0.2, -0.15) is 11.8 Å². The Morgan fingerprint density at radius 1 is 0.944 bits per heavy atom.